The molecule has 0 saturated heterocycles. The van der Waals surface area contributed by atoms with Crippen molar-refractivity contribution in [3.8, 4) is 5.75 Å². The minimum absolute atomic E-state index is 0.0760. The predicted molar refractivity (Wildman–Crippen MR) is 129 cm³/mol. The van der Waals surface area contributed by atoms with E-state index in [2.05, 4.69) is 11.9 Å². The van der Waals surface area contributed by atoms with Gasteiger partial charge in [-0.25, -0.2) is 9.59 Å². The van der Waals surface area contributed by atoms with Crippen molar-refractivity contribution in [2.45, 2.75) is 6.92 Å². The molecule has 188 valence electrons. The van der Waals surface area contributed by atoms with Crippen LogP contribution >= 0.6 is 0 Å². The maximum atomic E-state index is 12.7. The van der Waals surface area contributed by atoms with Gasteiger partial charge in [-0.1, -0.05) is 49.0 Å². The average molecular weight is 486 g/mol. The molecule has 9 heteroatoms. The molecule has 2 aromatic carbocycles. The summed E-state index contributed by atoms with van der Waals surface area (Å²) in [5.41, 5.74) is 1.40. The molecule has 0 bridgehead atoms. The fourth-order valence-electron chi connectivity index (χ4n) is 2.73. The van der Waals surface area contributed by atoms with Crippen molar-refractivity contribution in [2.24, 2.45) is 0 Å². The molecule has 0 aliphatic rings. The molecule has 0 heterocycles. The number of alkyl carbamates (subject to hydrolysis) is 1. The van der Waals surface area contributed by atoms with E-state index in [1.54, 1.807) is 43.3 Å². The lowest BCUT2D eigenvalue weighted by molar-refractivity contribution is -0.140. The first-order valence-corrected chi connectivity index (χ1v) is 11.2. The molecule has 0 radical (unpaired) electrons. The summed E-state index contributed by atoms with van der Waals surface area (Å²) in [5.74, 6) is -0.0954. The van der Waals surface area contributed by atoms with Crippen LogP contribution in [0.25, 0.3) is 0 Å². The zero-order valence-electron chi connectivity index (χ0n) is 19.8. The smallest absolute Gasteiger partial charge is 0.407 e. The number of benzene rings is 2. The summed E-state index contributed by atoms with van der Waals surface area (Å²) in [6.45, 7) is 6.66. The van der Waals surface area contributed by atoms with Gasteiger partial charge in [-0.15, -0.1) is 0 Å². The van der Waals surface area contributed by atoms with E-state index in [1.165, 1.54) is 0 Å². The number of amides is 1. The minimum atomic E-state index is -0.587. The molecule has 0 aliphatic carbocycles. The van der Waals surface area contributed by atoms with Gasteiger partial charge < -0.3 is 29.0 Å². The molecule has 0 saturated carbocycles. The molecule has 35 heavy (non-hydrogen) atoms. The largest absolute Gasteiger partial charge is 0.490 e. The molecule has 0 aliphatic heterocycles. The second kappa shape index (κ2) is 16.0. The van der Waals surface area contributed by atoms with E-state index in [9.17, 15) is 14.4 Å². The monoisotopic (exact) mass is 485 g/mol. The van der Waals surface area contributed by atoms with Gasteiger partial charge in [0.15, 0.2) is 5.78 Å². The van der Waals surface area contributed by atoms with Crippen molar-refractivity contribution < 1.29 is 38.1 Å². The van der Waals surface area contributed by atoms with Gasteiger partial charge in [0.25, 0.3) is 0 Å². The Morgan fingerprint density at radius 1 is 0.771 bits per heavy atom. The number of ketones is 1. The molecule has 1 amide bonds. The Morgan fingerprint density at radius 3 is 2.14 bits per heavy atom. The van der Waals surface area contributed by atoms with E-state index < -0.39 is 12.1 Å². The third kappa shape index (κ3) is 10.9. The maximum Gasteiger partial charge on any atom is 0.407 e. The lowest BCUT2D eigenvalue weighted by atomic mass is 10.0. The second-order valence-electron chi connectivity index (χ2n) is 7.24. The zero-order valence-corrected chi connectivity index (χ0v) is 19.8. The Morgan fingerprint density at radius 2 is 1.40 bits per heavy atom. The summed E-state index contributed by atoms with van der Waals surface area (Å²) in [6, 6.07) is 16.0. The Hall–Kier alpha value is -3.69. The lowest BCUT2D eigenvalue weighted by Crippen LogP contribution is -2.29. The van der Waals surface area contributed by atoms with Crippen LogP contribution in [0.5, 0.6) is 5.75 Å². The van der Waals surface area contributed by atoms with Crippen molar-refractivity contribution >= 4 is 17.8 Å². The Balaban J connectivity index is 1.51. The number of ether oxygens (including phenoxy) is 5. The normalized spacial score (nSPS) is 10.3. The summed E-state index contributed by atoms with van der Waals surface area (Å²) in [6.07, 6.45) is -0.587. The molecule has 0 atom stereocenters. The van der Waals surface area contributed by atoms with Crippen LogP contribution in [0.2, 0.25) is 0 Å². The van der Waals surface area contributed by atoms with Crippen LogP contribution < -0.4 is 10.1 Å². The van der Waals surface area contributed by atoms with Crippen molar-refractivity contribution in [3.63, 3.8) is 0 Å². The highest BCUT2D eigenvalue weighted by molar-refractivity contribution is 6.10. The molecular formula is C26H31NO8. The van der Waals surface area contributed by atoms with Gasteiger partial charge in [0.1, 0.15) is 25.6 Å². The van der Waals surface area contributed by atoms with Crippen LogP contribution in [0.15, 0.2) is 66.7 Å². The summed E-state index contributed by atoms with van der Waals surface area (Å²) in [5, 5.41) is 2.53. The first-order chi connectivity index (χ1) is 17.0. The summed E-state index contributed by atoms with van der Waals surface area (Å²) in [4.78, 5) is 35.5. The first kappa shape index (κ1) is 27.6. The maximum absolute atomic E-state index is 12.7. The molecule has 0 aromatic heterocycles. The highest BCUT2D eigenvalue weighted by Gasteiger charge is 2.14. The molecule has 1 N–H and O–H groups in total. The number of nitrogens with one attached hydrogen (secondary N) is 1. The summed E-state index contributed by atoms with van der Waals surface area (Å²) in [7, 11) is 0. The van der Waals surface area contributed by atoms with Crippen LogP contribution in [0.3, 0.4) is 0 Å². The van der Waals surface area contributed by atoms with Crippen molar-refractivity contribution in [1.82, 2.24) is 5.32 Å². The van der Waals surface area contributed by atoms with Crippen LogP contribution in [0.1, 0.15) is 22.8 Å². The van der Waals surface area contributed by atoms with Gasteiger partial charge in [-0.3, -0.25) is 4.79 Å². The second-order valence-corrected chi connectivity index (χ2v) is 7.24. The quantitative estimate of drug-likeness (QED) is 0.167. The fraction of sp³-hybridized carbons (Fsp3) is 0.346. The molecule has 2 rings (SSSR count). The van der Waals surface area contributed by atoms with E-state index >= 15 is 0 Å². The number of carbonyl (C=O) groups excluding carboxylic acids is 3. The first-order valence-electron chi connectivity index (χ1n) is 11.2. The Labute approximate surface area is 205 Å². The average Bonchev–Trinajstić information content (AvgIpc) is 2.87. The SMILES string of the molecule is C=C(C)C(=O)OCCOCCNC(=O)OCCOCCOc1ccccc1C(=O)c1ccccc1. The number of carbonyl (C=O) groups is 3. The van der Waals surface area contributed by atoms with Crippen molar-refractivity contribution in [3.05, 3.63) is 77.9 Å². The number of hydrogen-bond acceptors (Lipinski definition) is 8. The van der Waals surface area contributed by atoms with Crippen LogP contribution in [0.4, 0.5) is 4.79 Å². The number of para-hydroxylation sites is 1. The highest BCUT2D eigenvalue weighted by atomic mass is 16.6. The van der Waals surface area contributed by atoms with Crippen LogP contribution in [-0.4, -0.2) is 70.6 Å². The van der Waals surface area contributed by atoms with Gasteiger partial charge >= 0.3 is 12.1 Å². The molecule has 0 fully saturated rings. The highest BCUT2D eigenvalue weighted by Crippen LogP contribution is 2.21. The molecule has 9 nitrogen and oxygen atoms in total. The van der Waals surface area contributed by atoms with Gasteiger partial charge in [0.2, 0.25) is 0 Å². The zero-order chi connectivity index (χ0) is 25.3. The van der Waals surface area contributed by atoms with Gasteiger partial charge in [-0.05, 0) is 19.1 Å². The number of esters is 1. The lowest BCUT2D eigenvalue weighted by Gasteiger charge is -2.11. The van der Waals surface area contributed by atoms with Crippen molar-refractivity contribution in [1.29, 1.82) is 0 Å². The van der Waals surface area contributed by atoms with Gasteiger partial charge in [-0.2, -0.15) is 0 Å². The molecule has 2 aromatic rings. The van der Waals surface area contributed by atoms with E-state index in [-0.39, 0.29) is 58.6 Å². The van der Waals surface area contributed by atoms with Crippen molar-refractivity contribution in [2.75, 3.05) is 52.8 Å². The Bertz CT molecular complexity index is 961. The van der Waals surface area contributed by atoms with E-state index in [1.807, 2.05) is 18.2 Å². The Kier molecular flexibility index (Phi) is 12.6. The third-order valence-electron chi connectivity index (χ3n) is 4.44. The standard InChI is InChI=1S/C26H31NO8/c1-20(2)25(29)34-18-15-31-13-12-27-26(30)35-19-16-32-14-17-33-23-11-7-6-10-22(23)24(28)21-8-4-3-5-9-21/h3-11H,1,12-19H2,2H3,(H,27,30). The molecule has 0 spiro atoms. The molecule has 0 unspecified atom stereocenters. The summed E-state index contributed by atoms with van der Waals surface area (Å²) >= 11 is 0. The number of hydrogen-bond donors (Lipinski definition) is 1. The summed E-state index contributed by atoms with van der Waals surface area (Å²) < 4.78 is 26.2. The molecular weight excluding hydrogens is 454 g/mol. The van der Waals surface area contributed by atoms with E-state index in [4.69, 9.17) is 23.7 Å². The van der Waals surface area contributed by atoms with E-state index in [0.29, 0.717) is 22.4 Å². The van der Waals surface area contributed by atoms with Crippen LogP contribution in [0, 0.1) is 0 Å². The topological polar surface area (TPSA) is 109 Å². The van der Waals surface area contributed by atoms with Crippen LogP contribution in [-0.2, 0) is 23.7 Å². The third-order valence-corrected chi connectivity index (χ3v) is 4.44. The minimum Gasteiger partial charge on any atom is -0.490 e. The van der Waals surface area contributed by atoms with E-state index in [0.717, 1.165) is 0 Å². The predicted octanol–water partition coefficient (Wildman–Crippen LogP) is 3.18. The van der Waals surface area contributed by atoms with Gasteiger partial charge in [0, 0.05) is 17.7 Å². The fourth-order valence-corrected chi connectivity index (χ4v) is 2.73. The number of rotatable bonds is 16. The van der Waals surface area contributed by atoms with Gasteiger partial charge in [0.05, 0.1) is 32.0 Å².